The van der Waals surface area contributed by atoms with Crippen LogP contribution in [0.15, 0.2) is 6.33 Å². The summed E-state index contributed by atoms with van der Waals surface area (Å²) in [6.45, 7) is 4.24. The predicted octanol–water partition coefficient (Wildman–Crippen LogP) is 5.23. The van der Waals surface area contributed by atoms with Gasteiger partial charge in [0.1, 0.15) is 17.3 Å². The Morgan fingerprint density at radius 3 is 2.68 bits per heavy atom. The van der Waals surface area contributed by atoms with Crippen molar-refractivity contribution in [2.24, 2.45) is 0 Å². The maximum atomic E-state index is 9.42. The summed E-state index contributed by atoms with van der Waals surface area (Å²) < 4.78 is 6.31. The van der Waals surface area contributed by atoms with Crippen molar-refractivity contribution in [1.29, 1.82) is 0 Å². The molecular formula is C20H30N2O2S. The van der Waals surface area contributed by atoms with Gasteiger partial charge < -0.3 is 9.84 Å². The second kappa shape index (κ2) is 8.95. The van der Waals surface area contributed by atoms with Gasteiger partial charge in [0, 0.05) is 11.5 Å². The van der Waals surface area contributed by atoms with Crippen LogP contribution >= 0.6 is 11.3 Å². The average molecular weight is 363 g/mol. The molecule has 0 saturated heterocycles. The van der Waals surface area contributed by atoms with Crippen molar-refractivity contribution in [2.45, 2.75) is 83.7 Å². The highest BCUT2D eigenvalue weighted by molar-refractivity contribution is 7.18. The van der Waals surface area contributed by atoms with Gasteiger partial charge in [-0.05, 0) is 62.8 Å². The fraction of sp³-hybridized carbons (Fsp3) is 0.700. The lowest BCUT2D eigenvalue weighted by Gasteiger charge is -2.25. The minimum Gasteiger partial charge on any atom is -0.474 e. The number of nitrogens with zero attached hydrogens (tertiary/aromatic N) is 2. The molecule has 1 unspecified atom stereocenters. The van der Waals surface area contributed by atoms with Crippen LogP contribution in [0, 0.1) is 0 Å². The highest BCUT2D eigenvalue weighted by Crippen LogP contribution is 2.45. The van der Waals surface area contributed by atoms with Crippen LogP contribution in [0.25, 0.3) is 10.2 Å². The van der Waals surface area contributed by atoms with Crippen LogP contribution in [0.4, 0.5) is 0 Å². The maximum Gasteiger partial charge on any atom is 0.225 e. The normalized spacial score (nSPS) is 20.7. The van der Waals surface area contributed by atoms with Crippen LogP contribution in [-0.2, 0) is 6.42 Å². The topological polar surface area (TPSA) is 55.2 Å². The largest absolute Gasteiger partial charge is 0.474 e. The zero-order valence-electron chi connectivity index (χ0n) is 15.5. The van der Waals surface area contributed by atoms with Crippen LogP contribution in [0.2, 0.25) is 0 Å². The number of hydrogen-bond donors (Lipinski definition) is 1. The molecular weight excluding hydrogens is 332 g/mol. The van der Waals surface area contributed by atoms with Crippen molar-refractivity contribution < 1.29 is 9.84 Å². The molecule has 4 rings (SSSR count). The van der Waals surface area contributed by atoms with E-state index in [4.69, 9.17) is 4.74 Å². The average Bonchev–Trinajstić information content (AvgIpc) is 3.05. The number of thiophene rings is 1. The quantitative estimate of drug-likeness (QED) is 0.809. The highest BCUT2D eigenvalue weighted by Gasteiger charge is 2.28. The number of hydrogen-bond acceptors (Lipinski definition) is 5. The van der Waals surface area contributed by atoms with Crippen molar-refractivity contribution in [3.05, 3.63) is 16.8 Å². The molecule has 138 valence electrons. The molecule has 4 nitrogen and oxygen atoms in total. The molecule has 2 aromatic heterocycles. The Labute approximate surface area is 154 Å². The van der Waals surface area contributed by atoms with Gasteiger partial charge in [-0.3, -0.25) is 0 Å². The Hall–Kier alpha value is -1.20. The van der Waals surface area contributed by atoms with Crippen LogP contribution < -0.4 is 4.74 Å². The van der Waals surface area contributed by atoms with Crippen molar-refractivity contribution in [1.82, 2.24) is 9.97 Å². The Kier molecular flexibility index (Phi) is 6.65. The van der Waals surface area contributed by atoms with Gasteiger partial charge in [0.25, 0.3) is 0 Å². The molecule has 25 heavy (non-hydrogen) atoms. The van der Waals surface area contributed by atoms with Crippen molar-refractivity contribution in [3.8, 4) is 5.88 Å². The molecule has 0 amide bonds. The molecule has 2 aromatic rings. The third-order valence-corrected chi connectivity index (χ3v) is 6.41. The van der Waals surface area contributed by atoms with Crippen LogP contribution in [0.1, 0.15) is 81.6 Å². The summed E-state index contributed by atoms with van der Waals surface area (Å²) in [5, 5.41) is 10.6. The molecule has 2 aliphatic carbocycles. The first-order chi connectivity index (χ1) is 12.4. The van der Waals surface area contributed by atoms with Gasteiger partial charge >= 0.3 is 0 Å². The summed E-state index contributed by atoms with van der Waals surface area (Å²) >= 11 is 1.79. The Balaban J connectivity index is 0.000000880. The van der Waals surface area contributed by atoms with Crippen molar-refractivity contribution >= 4 is 21.6 Å². The number of aromatic nitrogens is 2. The molecule has 2 heterocycles. The van der Waals surface area contributed by atoms with Crippen LogP contribution in [0.3, 0.4) is 0 Å². The van der Waals surface area contributed by atoms with E-state index >= 15 is 0 Å². The minimum atomic E-state index is 0.244. The van der Waals surface area contributed by atoms with Crippen LogP contribution in [-0.4, -0.2) is 27.8 Å². The van der Waals surface area contributed by atoms with Gasteiger partial charge in [-0.15, -0.1) is 11.3 Å². The smallest absolute Gasteiger partial charge is 0.225 e. The van der Waals surface area contributed by atoms with E-state index in [0.717, 1.165) is 48.2 Å². The number of aliphatic hydroxyl groups is 1. The fourth-order valence-corrected chi connectivity index (χ4v) is 5.38. The minimum absolute atomic E-state index is 0.244. The van der Waals surface area contributed by atoms with Gasteiger partial charge in [0.05, 0.1) is 5.39 Å². The lowest BCUT2D eigenvalue weighted by molar-refractivity contribution is 0.150. The van der Waals surface area contributed by atoms with E-state index in [1.807, 2.05) is 13.8 Å². The molecule has 2 aliphatic rings. The van der Waals surface area contributed by atoms with E-state index in [1.165, 1.54) is 36.1 Å². The fourth-order valence-electron chi connectivity index (χ4n) is 4.12. The monoisotopic (exact) mass is 362 g/mol. The zero-order chi connectivity index (χ0) is 17.6. The van der Waals surface area contributed by atoms with Gasteiger partial charge in [-0.1, -0.05) is 20.3 Å². The Bertz CT molecular complexity index is 680. The second-order valence-corrected chi connectivity index (χ2v) is 7.86. The summed E-state index contributed by atoms with van der Waals surface area (Å²) in [6.07, 6.45) is 12.4. The number of aliphatic hydroxyl groups excluding tert-OH is 1. The Morgan fingerprint density at radius 1 is 1.12 bits per heavy atom. The SMILES string of the molecule is CC.OCCC1CCCc2sc3ncnc(OC4CCCCC4)c3c21. The summed E-state index contributed by atoms with van der Waals surface area (Å²) in [7, 11) is 0. The lowest BCUT2D eigenvalue weighted by atomic mass is 9.84. The van der Waals surface area contributed by atoms with E-state index in [2.05, 4.69) is 9.97 Å². The molecule has 1 fully saturated rings. The third kappa shape index (κ3) is 3.98. The van der Waals surface area contributed by atoms with E-state index in [0.29, 0.717) is 12.0 Å². The molecule has 0 aromatic carbocycles. The summed E-state index contributed by atoms with van der Waals surface area (Å²) in [5.74, 6) is 1.21. The van der Waals surface area contributed by atoms with Gasteiger partial charge in [0.2, 0.25) is 5.88 Å². The standard InChI is InChI=1S/C18H24N2O2S.C2H6/c21-10-9-12-5-4-8-14-15(12)16-17(19-11-20-18(16)23-14)22-13-6-2-1-3-7-13;1-2/h11-13,21H,1-10H2;1-2H3. The molecule has 5 heteroatoms. The van der Waals surface area contributed by atoms with E-state index in [-0.39, 0.29) is 6.61 Å². The van der Waals surface area contributed by atoms with Gasteiger partial charge in [-0.25, -0.2) is 9.97 Å². The van der Waals surface area contributed by atoms with Crippen molar-refractivity contribution in [2.75, 3.05) is 6.61 Å². The molecule has 1 saturated carbocycles. The lowest BCUT2D eigenvalue weighted by Crippen LogP contribution is -2.20. The number of rotatable bonds is 4. The number of fused-ring (bicyclic) bond motifs is 3. The molecule has 1 atom stereocenters. The van der Waals surface area contributed by atoms with E-state index < -0.39 is 0 Å². The molecule has 1 N–H and O–H groups in total. The van der Waals surface area contributed by atoms with Gasteiger partial charge in [-0.2, -0.15) is 0 Å². The maximum absolute atomic E-state index is 9.42. The van der Waals surface area contributed by atoms with E-state index in [1.54, 1.807) is 17.7 Å². The predicted molar refractivity (Wildman–Crippen MR) is 104 cm³/mol. The van der Waals surface area contributed by atoms with Crippen LogP contribution in [0.5, 0.6) is 5.88 Å². The first-order valence-electron chi connectivity index (χ1n) is 9.90. The molecule has 0 bridgehead atoms. The molecule has 0 spiro atoms. The summed E-state index contributed by atoms with van der Waals surface area (Å²) in [6, 6.07) is 0. The third-order valence-electron chi connectivity index (χ3n) is 5.24. The highest BCUT2D eigenvalue weighted by atomic mass is 32.1. The summed E-state index contributed by atoms with van der Waals surface area (Å²) in [5.41, 5.74) is 1.37. The first-order valence-corrected chi connectivity index (χ1v) is 10.7. The Morgan fingerprint density at radius 2 is 1.92 bits per heavy atom. The van der Waals surface area contributed by atoms with Crippen molar-refractivity contribution in [3.63, 3.8) is 0 Å². The second-order valence-electron chi connectivity index (χ2n) is 6.78. The first kappa shape index (κ1) is 18.6. The van der Waals surface area contributed by atoms with Gasteiger partial charge in [0.15, 0.2) is 0 Å². The van der Waals surface area contributed by atoms with E-state index in [9.17, 15) is 5.11 Å². The number of ether oxygens (including phenoxy) is 1. The zero-order valence-corrected chi connectivity index (χ0v) is 16.3. The molecule has 0 radical (unpaired) electrons. The summed E-state index contributed by atoms with van der Waals surface area (Å²) in [4.78, 5) is 11.5. The number of aryl methyl sites for hydroxylation is 1. The molecule has 0 aliphatic heterocycles.